The Balaban J connectivity index is 0.000000730. The van der Waals surface area contributed by atoms with Crippen LogP contribution in [0.3, 0.4) is 0 Å². The first-order chi connectivity index (χ1) is 20.2. The fourth-order valence-electron chi connectivity index (χ4n) is 5.46. The molecule has 0 spiro atoms. The van der Waals surface area contributed by atoms with E-state index in [-0.39, 0.29) is 11.7 Å². The van der Waals surface area contributed by atoms with Crippen molar-refractivity contribution in [2.75, 3.05) is 69.7 Å². The van der Waals surface area contributed by atoms with Crippen molar-refractivity contribution in [3.05, 3.63) is 60.2 Å². The highest BCUT2D eigenvalue weighted by molar-refractivity contribution is 6.27. The Morgan fingerprint density at radius 1 is 0.786 bits per heavy atom. The van der Waals surface area contributed by atoms with E-state index in [1.54, 1.807) is 0 Å². The summed E-state index contributed by atoms with van der Waals surface area (Å²) in [5, 5.41) is 14.8. The molecule has 2 aromatic rings. The fraction of sp³-hybridized carbons (Fsp3) is 0.500. The number of unbranched alkanes of at least 4 members (excludes halogenated alkanes) is 3. The van der Waals surface area contributed by atoms with Crippen LogP contribution in [0.15, 0.2) is 54.6 Å². The van der Waals surface area contributed by atoms with Gasteiger partial charge in [-0.3, -0.25) is 14.5 Å². The number of carbonyl (C=O) groups excluding carboxylic acids is 2. The van der Waals surface area contributed by atoms with Gasteiger partial charge < -0.3 is 24.9 Å². The average Bonchev–Trinajstić information content (AvgIpc) is 2.99. The number of amides is 1. The Kier molecular flexibility index (Phi) is 13.0. The number of piperazine rings is 1. The second kappa shape index (κ2) is 16.6. The zero-order valence-electron chi connectivity index (χ0n) is 24.8. The number of Topliss-reactive ketones (excluding diaryl/α,β-unsaturated/α-hetero) is 1. The van der Waals surface area contributed by atoms with Crippen LogP contribution in [0, 0.1) is 5.92 Å². The molecule has 0 saturated carbocycles. The SMILES string of the molecule is CN(C)CCCN1C(=O)C(CCCCCCN2CCN(c3ccccc3)CC2)C(=O)c2ccccc21.O=C(O)C(=O)O. The number of para-hydroxylation sites is 2. The van der Waals surface area contributed by atoms with Crippen molar-refractivity contribution in [1.82, 2.24) is 9.80 Å². The number of anilines is 2. The van der Waals surface area contributed by atoms with Crippen LogP contribution in [0.1, 0.15) is 48.9 Å². The van der Waals surface area contributed by atoms with Crippen molar-refractivity contribution in [2.24, 2.45) is 5.92 Å². The molecule has 10 nitrogen and oxygen atoms in total. The van der Waals surface area contributed by atoms with Crippen LogP contribution in [0.5, 0.6) is 0 Å². The van der Waals surface area contributed by atoms with E-state index in [2.05, 4.69) is 45.0 Å². The maximum atomic E-state index is 13.3. The number of hydrogen-bond acceptors (Lipinski definition) is 7. The van der Waals surface area contributed by atoms with Crippen LogP contribution < -0.4 is 9.80 Å². The van der Waals surface area contributed by atoms with E-state index in [4.69, 9.17) is 19.8 Å². The largest absolute Gasteiger partial charge is 0.473 e. The highest BCUT2D eigenvalue weighted by Gasteiger charge is 2.38. The summed E-state index contributed by atoms with van der Waals surface area (Å²) in [6, 6.07) is 18.3. The van der Waals surface area contributed by atoms with Gasteiger partial charge in [0.2, 0.25) is 5.91 Å². The van der Waals surface area contributed by atoms with Crippen molar-refractivity contribution in [2.45, 2.75) is 38.5 Å². The van der Waals surface area contributed by atoms with Gasteiger partial charge in [-0.15, -0.1) is 0 Å². The first-order valence-electron chi connectivity index (χ1n) is 14.8. The van der Waals surface area contributed by atoms with E-state index in [9.17, 15) is 9.59 Å². The standard InChI is InChI=1S/C30H42N4O2.C2H2O4/c1-31(2)18-12-20-34-28-17-10-9-15-26(28)29(35)27(30(34)36)16-8-3-4-11-19-32-21-23-33(24-22-32)25-13-6-5-7-14-25;3-1(4)2(5)6/h5-7,9-10,13-15,17,27H,3-4,8,11-12,16,18-24H2,1-2H3;(H,3,4)(H,5,6). The first-order valence-corrected chi connectivity index (χ1v) is 14.8. The Bertz CT molecular complexity index is 1170. The van der Waals surface area contributed by atoms with Crippen LogP contribution in [0.25, 0.3) is 0 Å². The van der Waals surface area contributed by atoms with Crippen LogP contribution in [0.4, 0.5) is 11.4 Å². The van der Waals surface area contributed by atoms with Gasteiger partial charge in [0.25, 0.3) is 0 Å². The lowest BCUT2D eigenvalue weighted by Gasteiger charge is -2.36. The molecule has 2 N–H and O–H groups in total. The second-order valence-electron chi connectivity index (χ2n) is 11.1. The molecule has 1 saturated heterocycles. The van der Waals surface area contributed by atoms with Gasteiger partial charge in [-0.05, 0) is 70.7 Å². The highest BCUT2D eigenvalue weighted by Crippen LogP contribution is 2.33. The van der Waals surface area contributed by atoms with Crippen LogP contribution >= 0.6 is 0 Å². The predicted molar refractivity (Wildman–Crippen MR) is 163 cm³/mol. The summed E-state index contributed by atoms with van der Waals surface area (Å²) in [6.45, 7) is 7.12. The molecule has 0 bridgehead atoms. The lowest BCUT2D eigenvalue weighted by atomic mass is 9.86. The number of ketones is 1. The Hall–Kier alpha value is -3.76. The summed E-state index contributed by atoms with van der Waals surface area (Å²) < 4.78 is 0. The zero-order valence-corrected chi connectivity index (χ0v) is 24.8. The third-order valence-corrected chi connectivity index (χ3v) is 7.72. The van der Waals surface area contributed by atoms with Gasteiger partial charge in [0.15, 0.2) is 5.78 Å². The molecule has 1 amide bonds. The number of carbonyl (C=O) groups is 4. The van der Waals surface area contributed by atoms with Crippen molar-refractivity contribution >= 4 is 35.0 Å². The maximum absolute atomic E-state index is 13.3. The molecule has 2 heterocycles. The van der Waals surface area contributed by atoms with Crippen LogP contribution in [0.2, 0.25) is 0 Å². The van der Waals surface area contributed by atoms with E-state index in [0.717, 1.165) is 70.6 Å². The molecule has 4 rings (SSSR count). The molecule has 0 aliphatic carbocycles. The summed E-state index contributed by atoms with van der Waals surface area (Å²) in [7, 11) is 4.09. The number of aliphatic carboxylic acids is 2. The lowest BCUT2D eigenvalue weighted by molar-refractivity contribution is -0.159. The van der Waals surface area contributed by atoms with Crippen molar-refractivity contribution < 1.29 is 29.4 Å². The average molecular weight is 581 g/mol. The maximum Gasteiger partial charge on any atom is 0.414 e. The van der Waals surface area contributed by atoms with Gasteiger partial charge in [-0.1, -0.05) is 49.6 Å². The van der Waals surface area contributed by atoms with Gasteiger partial charge in [0.1, 0.15) is 5.92 Å². The number of benzene rings is 2. The monoisotopic (exact) mass is 580 g/mol. The summed E-state index contributed by atoms with van der Waals surface area (Å²) in [6.07, 6.45) is 5.88. The number of carboxylic acids is 2. The molecule has 2 aliphatic heterocycles. The van der Waals surface area contributed by atoms with E-state index >= 15 is 0 Å². The molecule has 228 valence electrons. The third kappa shape index (κ3) is 9.66. The quantitative estimate of drug-likeness (QED) is 0.220. The van der Waals surface area contributed by atoms with Gasteiger partial charge in [0, 0.05) is 44.0 Å². The summed E-state index contributed by atoms with van der Waals surface area (Å²) in [5.41, 5.74) is 2.82. The lowest BCUT2D eigenvalue weighted by Crippen LogP contribution is -2.46. The minimum absolute atomic E-state index is 0.00579. The first kappa shape index (κ1) is 32.8. The Morgan fingerprint density at radius 2 is 1.40 bits per heavy atom. The molecule has 1 unspecified atom stereocenters. The fourth-order valence-corrected chi connectivity index (χ4v) is 5.46. The Morgan fingerprint density at radius 3 is 2.05 bits per heavy atom. The van der Waals surface area contributed by atoms with Crippen LogP contribution in [-0.2, 0) is 14.4 Å². The minimum atomic E-state index is -1.82. The van der Waals surface area contributed by atoms with E-state index in [0.29, 0.717) is 18.5 Å². The zero-order chi connectivity index (χ0) is 30.5. The van der Waals surface area contributed by atoms with Gasteiger partial charge in [-0.25, -0.2) is 9.59 Å². The van der Waals surface area contributed by atoms with E-state index in [1.807, 2.05) is 43.3 Å². The molecular weight excluding hydrogens is 536 g/mol. The number of rotatable bonds is 12. The normalized spacial score (nSPS) is 17.1. The molecule has 2 aromatic carbocycles. The van der Waals surface area contributed by atoms with E-state index < -0.39 is 17.9 Å². The van der Waals surface area contributed by atoms with Gasteiger partial charge >= 0.3 is 11.9 Å². The summed E-state index contributed by atoms with van der Waals surface area (Å²) >= 11 is 0. The molecular formula is C32H44N4O6. The molecule has 1 fully saturated rings. The molecule has 0 radical (unpaired) electrons. The molecule has 0 aromatic heterocycles. The third-order valence-electron chi connectivity index (χ3n) is 7.72. The summed E-state index contributed by atoms with van der Waals surface area (Å²) in [5.74, 6) is -4.17. The predicted octanol–water partition coefficient (Wildman–Crippen LogP) is 3.71. The number of nitrogens with zero attached hydrogens (tertiary/aromatic N) is 4. The number of hydrogen-bond donors (Lipinski definition) is 2. The van der Waals surface area contributed by atoms with Gasteiger partial charge in [0.05, 0.1) is 5.69 Å². The second-order valence-corrected chi connectivity index (χ2v) is 11.1. The summed E-state index contributed by atoms with van der Waals surface area (Å²) in [4.78, 5) is 53.7. The van der Waals surface area contributed by atoms with Crippen LogP contribution in [-0.4, -0.2) is 104 Å². The van der Waals surface area contributed by atoms with Gasteiger partial charge in [-0.2, -0.15) is 0 Å². The molecule has 10 heteroatoms. The van der Waals surface area contributed by atoms with Crippen molar-refractivity contribution in [3.8, 4) is 0 Å². The number of carboxylic acid groups (broad SMARTS) is 2. The Labute approximate surface area is 248 Å². The van der Waals surface area contributed by atoms with Crippen molar-refractivity contribution in [3.63, 3.8) is 0 Å². The topological polar surface area (TPSA) is 122 Å². The molecule has 1 atom stereocenters. The molecule has 2 aliphatic rings. The van der Waals surface area contributed by atoms with E-state index in [1.165, 1.54) is 12.1 Å². The highest BCUT2D eigenvalue weighted by atomic mass is 16.4. The molecule has 42 heavy (non-hydrogen) atoms. The number of fused-ring (bicyclic) bond motifs is 1. The van der Waals surface area contributed by atoms with Crippen molar-refractivity contribution in [1.29, 1.82) is 0 Å². The smallest absolute Gasteiger partial charge is 0.414 e. The minimum Gasteiger partial charge on any atom is -0.473 e.